The fourth-order valence-electron chi connectivity index (χ4n) is 5.93. The molecule has 42 heavy (non-hydrogen) atoms. The van der Waals surface area contributed by atoms with Gasteiger partial charge >= 0.3 is 12.0 Å². The van der Waals surface area contributed by atoms with Gasteiger partial charge in [-0.1, -0.05) is 103 Å². The van der Waals surface area contributed by atoms with Crippen molar-refractivity contribution in [1.82, 2.24) is 9.80 Å². The van der Waals surface area contributed by atoms with Crippen LogP contribution in [0.3, 0.4) is 0 Å². The predicted octanol–water partition coefficient (Wildman–Crippen LogP) is 6.17. The summed E-state index contributed by atoms with van der Waals surface area (Å²) < 4.78 is 0. The minimum absolute atomic E-state index is 0.0884. The smallest absolute Gasteiger partial charge is 0.330 e. The molecule has 2 aliphatic rings. The Kier molecular flexibility index (Phi) is 7.32. The van der Waals surface area contributed by atoms with Crippen molar-refractivity contribution in [3.8, 4) is 0 Å². The fraction of sp³-hybridized carbons (Fsp3) is 0.171. The minimum Gasteiger partial charge on any atom is -0.480 e. The Morgan fingerprint density at radius 1 is 0.738 bits per heavy atom. The Balaban J connectivity index is 1.33. The number of carboxylic acids is 1. The number of aryl methyl sites for hydroxylation is 1. The van der Waals surface area contributed by atoms with Gasteiger partial charge in [0.1, 0.15) is 6.04 Å². The maximum atomic E-state index is 14.3. The second-order valence-corrected chi connectivity index (χ2v) is 10.6. The van der Waals surface area contributed by atoms with Gasteiger partial charge in [-0.3, -0.25) is 9.69 Å². The molecule has 3 amide bonds. The molecule has 0 aliphatic carbocycles. The van der Waals surface area contributed by atoms with E-state index in [2.05, 4.69) is 0 Å². The molecule has 0 radical (unpaired) electrons. The molecule has 1 N–H and O–H groups in total. The highest BCUT2D eigenvalue weighted by atomic mass is 16.4. The van der Waals surface area contributed by atoms with Gasteiger partial charge in [0.2, 0.25) is 5.91 Å². The van der Waals surface area contributed by atoms with Crippen LogP contribution in [0.5, 0.6) is 0 Å². The number of carboxylic acid groups (broad SMARTS) is 1. The zero-order valence-corrected chi connectivity index (χ0v) is 23.3. The molecule has 2 heterocycles. The van der Waals surface area contributed by atoms with Crippen molar-refractivity contribution >= 4 is 41.4 Å². The average molecular weight is 558 g/mol. The number of urea groups is 1. The van der Waals surface area contributed by atoms with E-state index in [1.54, 1.807) is 9.80 Å². The Hall–Kier alpha value is -5.17. The molecule has 210 valence electrons. The lowest BCUT2D eigenvalue weighted by atomic mass is 9.87. The number of carbonyl (C=O) groups is 3. The minimum atomic E-state index is -1.21. The molecule has 7 heteroatoms. The predicted molar refractivity (Wildman–Crippen MR) is 164 cm³/mol. The number of para-hydroxylation sites is 2. The maximum Gasteiger partial charge on any atom is 0.330 e. The monoisotopic (exact) mass is 557 g/mol. The third-order valence-electron chi connectivity index (χ3n) is 8.09. The summed E-state index contributed by atoms with van der Waals surface area (Å²) in [7, 11) is 0. The first-order valence-electron chi connectivity index (χ1n) is 14.0. The lowest BCUT2D eigenvalue weighted by Crippen LogP contribution is -2.62. The average Bonchev–Trinajstić information content (AvgIpc) is 3.19. The highest BCUT2D eigenvalue weighted by Gasteiger charge is 2.42. The van der Waals surface area contributed by atoms with Crippen molar-refractivity contribution in [2.45, 2.75) is 18.9 Å². The van der Waals surface area contributed by atoms with E-state index < -0.39 is 24.0 Å². The van der Waals surface area contributed by atoms with Crippen LogP contribution in [-0.4, -0.2) is 58.5 Å². The first kappa shape index (κ1) is 27.0. The summed E-state index contributed by atoms with van der Waals surface area (Å²) in [4.78, 5) is 45.7. The van der Waals surface area contributed by atoms with E-state index in [0.29, 0.717) is 11.4 Å². The number of fused-ring (bicyclic) bond motifs is 2. The second-order valence-electron chi connectivity index (χ2n) is 10.6. The molecule has 4 aromatic rings. The van der Waals surface area contributed by atoms with Crippen LogP contribution in [0.2, 0.25) is 0 Å². The summed E-state index contributed by atoms with van der Waals surface area (Å²) in [5.41, 5.74) is 5.76. The van der Waals surface area contributed by atoms with Gasteiger partial charge in [-0.05, 0) is 46.9 Å². The summed E-state index contributed by atoms with van der Waals surface area (Å²) in [6, 6.07) is 30.8. The van der Waals surface area contributed by atoms with E-state index in [-0.39, 0.29) is 25.5 Å². The van der Waals surface area contributed by atoms with Crippen LogP contribution < -0.4 is 4.90 Å². The Bertz CT molecular complexity index is 1630. The highest BCUT2D eigenvalue weighted by molar-refractivity contribution is 6.06. The quantitative estimate of drug-likeness (QED) is 0.326. The number of hydrogen-bond acceptors (Lipinski definition) is 3. The molecule has 1 saturated heterocycles. The highest BCUT2D eigenvalue weighted by Crippen LogP contribution is 2.38. The molecule has 0 aromatic heterocycles. The van der Waals surface area contributed by atoms with Gasteiger partial charge in [-0.15, -0.1) is 0 Å². The Morgan fingerprint density at radius 3 is 1.93 bits per heavy atom. The van der Waals surface area contributed by atoms with E-state index in [9.17, 15) is 19.5 Å². The van der Waals surface area contributed by atoms with Gasteiger partial charge in [0, 0.05) is 13.1 Å². The molecule has 0 bridgehead atoms. The summed E-state index contributed by atoms with van der Waals surface area (Å²) in [5, 5.41) is 10.4. The summed E-state index contributed by atoms with van der Waals surface area (Å²) in [5.74, 6) is -1.91. The van der Waals surface area contributed by atoms with Crippen molar-refractivity contribution in [3.05, 3.63) is 131 Å². The molecule has 0 spiro atoms. The number of rotatable bonds is 4. The maximum absolute atomic E-state index is 14.3. The van der Waals surface area contributed by atoms with E-state index in [1.165, 1.54) is 4.90 Å². The van der Waals surface area contributed by atoms with E-state index in [1.807, 2.05) is 122 Å². The first-order valence-corrected chi connectivity index (χ1v) is 14.0. The topological polar surface area (TPSA) is 81.2 Å². The SMILES string of the molecule is Cc1ccccc1C(C(=O)N1CCN(C(=O)N2c3ccccc3C=Cc3ccccc32)[C@H](C(=O)O)C1)c1ccccc1. The third-order valence-corrected chi connectivity index (χ3v) is 8.09. The third kappa shape index (κ3) is 4.94. The van der Waals surface area contributed by atoms with E-state index in [4.69, 9.17) is 0 Å². The first-order chi connectivity index (χ1) is 20.4. The van der Waals surface area contributed by atoms with Gasteiger partial charge in [0.05, 0.1) is 23.8 Å². The molecule has 7 nitrogen and oxygen atoms in total. The zero-order valence-electron chi connectivity index (χ0n) is 23.3. The summed E-state index contributed by atoms with van der Waals surface area (Å²) in [6.45, 7) is 2.18. The Labute approximate surface area is 244 Å². The number of hydrogen-bond donors (Lipinski definition) is 1. The van der Waals surface area contributed by atoms with Crippen LogP contribution in [0.25, 0.3) is 12.2 Å². The number of benzene rings is 4. The van der Waals surface area contributed by atoms with E-state index >= 15 is 0 Å². The van der Waals surface area contributed by atoms with Gasteiger partial charge in [0.25, 0.3) is 0 Å². The van der Waals surface area contributed by atoms with Crippen molar-refractivity contribution < 1.29 is 19.5 Å². The Morgan fingerprint density at radius 2 is 1.31 bits per heavy atom. The van der Waals surface area contributed by atoms with Crippen molar-refractivity contribution in [1.29, 1.82) is 0 Å². The van der Waals surface area contributed by atoms with Crippen LogP contribution in [0.15, 0.2) is 103 Å². The number of anilines is 2. The number of carbonyl (C=O) groups excluding carboxylic acids is 2. The standard InChI is InChI=1S/C35H31N3O4/c1-24-11-5-8-16-28(24)32(27-14-3-2-4-15-27)33(39)36-21-22-37(31(23-36)34(40)41)35(42)38-29-17-9-6-12-25(29)19-20-26-13-7-10-18-30(26)38/h2-20,31-32H,21-23H2,1H3,(H,40,41)/t31-,32?/m0/s1. The molecule has 1 unspecified atom stereocenters. The zero-order chi connectivity index (χ0) is 29.2. The second kappa shape index (κ2) is 11.4. The molecular weight excluding hydrogens is 526 g/mol. The van der Waals surface area contributed by atoms with Gasteiger partial charge < -0.3 is 14.9 Å². The molecule has 6 rings (SSSR count). The molecule has 0 saturated carbocycles. The van der Waals surface area contributed by atoms with Crippen LogP contribution in [0.1, 0.15) is 33.7 Å². The number of amides is 3. The molecule has 1 fully saturated rings. The lowest BCUT2D eigenvalue weighted by Gasteiger charge is -2.42. The van der Waals surface area contributed by atoms with Crippen LogP contribution >= 0.6 is 0 Å². The van der Waals surface area contributed by atoms with E-state index in [0.717, 1.165) is 27.8 Å². The molecule has 2 atom stereocenters. The van der Waals surface area contributed by atoms with Crippen LogP contribution in [0.4, 0.5) is 16.2 Å². The largest absolute Gasteiger partial charge is 0.480 e. The molecular formula is C35H31N3O4. The number of aliphatic carboxylic acids is 1. The van der Waals surface area contributed by atoms with Crippen LogP contribution in [0, 0.1) is 6.92 Å². The van der Waals surface area contributed by atoms with Gasteiger partial charge in [-0.25, -0.2) is 9.59 Å². The normalized spacial score (nSPS) is 16.7. The van der Waals surface area contributed by atoms with Gasteiger partial charge in [0.15, 0.2) is 0 Å². The lowest BCUT2D eigenvalue weighted by molar-refractivity contribution is -0.146. The fourth-order valence-corrected chi connectivity index (χ4v) is 5.93. The molecule has 2 aliphatic heterocycles. The summed E-state index contributed by atoms with van der Waals surface area (Å²) in [6.07, 6.45) is 3.92. The van der Waals surface area contributed by atoms with Crippen LogP contribution in [-0.2, 0) is 9.59 Å². The van der Waals surface area contributed by atoms with Crippen molar-refractivity contribution in [2.24, 2.45) is 0 Å². The number of nitrogens with zero attached hydrogens (tertiary/aromatic N) is 3. The number of piperazine rings is 1. The summed E-state index contributed by atoms with van der Waals surface area (Å²) >= 11 is 0. The van der Waals surface area contributed by atoms with Crippen molar-refractivity contribution in [3.63, 3.8) is 0 Å². The van der Waals surface area contributed by atoms with Crippen molar-refractivity contribution in [2.75, 3.05) is 24.5 Å². The van der Waals surface area contributed by atoms with Gasteiger partial charge in [-0.2, -0.15) is 0 Å². The molecule has 4 aromatic carbocycles.